The number of aromatic amines is 1. The van der Waals surface area contributed by atoms with Crippen molar-refractivity contribution in [3.8, 4) is 11.1 Å². The van der Waals surface area contributed by atoms with Crippen LogP contribution in [0, 0.1) is 0 Å². The molecular weight excluding hydrogens is 286 g/mol. The van der Waals surface area contributed by atoms with E-state index in [2.05, 4.69) is 15.8 Å². The summed E-state index contributed by atoms with van der Waals surface area (Å²) < 4.78 is 28.3. The molecule has 0 radical (unpaired) electrons. The molecule has 4 rings (SSSR count). The van der Waals surface area contributed by atoms with Gasteiger partial charge in [-0.1, -0.05) is 6.07 Å². The van der Waals surface area contributed by atoms with Gasteiger partial charge in [-0.25, -0.2) is 4.57 Å². The fraction of sp³-hybridized carbons (Fsp3) is 0.133. The van der Waals surface area contributed by atoms with Gasteiger partial charge in [0.1, 0.15) is 12.3 Å². The lowest BCUT2D eigenvalue weighted by molar-refractivity contribution is -0.679. The van der Waals surface area contributed by atoms with Gasteiger partial charge < -0.3 is 4.98 Å². The second-order valence-electron chi connectivity index (χ2n) is 5.16. The summed E-state index contributed by atoms with van der Waals surface area (Å²) in [5.41, 5.74) is 2.96. The first-order valence-corrected chi connectivity index (χ1v) is 8.38. The second kappa shape index (κ2) is 4.33. The van der Waals surface area contributed by atoms with E-state index < -0.39 is 10.0 Å². The van der Waals surface area contributed by atoms with Crippen LogP contribution >= 0.6 is 0 Å². The van der Waals surface area contributed by atoms with Gasteiger partial charge in [0.2, 0.25) is 0 Å². The van der Waals surface area contributed by atoms with Gasteiger partial charge >= 0.3 is 10.0 Å². The van der Waals surface area contributed by atoms with Crippen LogP contribution in [-0.2, 0) is 16.6 Å². The highest BCUT2D eigenvalue weighted by Gasteiger charge is 2.29. The number of nitrogens with zero attached hydrogens (tertiary/aromatic N) is 1. The number of sulfonamides is 1. The van der Waals surface area contributed by atoms with E-state index in [1.54, 1.807) is 0 Å². The van der Waals surface area contributed by atoms with Crippen molar-refractivity contribution in [2.45, 2.75) is 6.54 Å². The third-order valence-corrected chi connectivity index (χ3v) is 5.01. The second-order valence-corrected chi connectivity index (χ2v) is 7.01. The zero-order valence-electron chi connectivity index (χ0n) is 11.2. The van der Waals surface area contributed by atoms with Crippen LogP contribution in [0.2, 0.25) is 0 Å². The SMILES string of the molecule is O=S1(=O)CC[n+]2cccc(-c3ccc4[nH]ccc4c3)c2N1. The van der Waals surface area contributed by atoms with Gasteiger partial charge in [-0.05, 0) is 41.3 Å². The van der Waals surface area contributed by atoms with E-state index in [1.807, 2.05) is 47.3 Å². The van der Waals surface area contributed by atoms with E-state index in [0.717, 1.165) is 22.0 Å². The largest absolute Gasteiger partial charge is 0.361 e. The van der Waals surface area contributed by atoms with Crippen molar-refractivity contribution in [1.82, 2.24) is 4.98 Å². The minimum absolute atomic E-state index is 0.116. The van der Waals surface area contributed by atoms with Crippen molar-refractivity contribution in [3.63, 3.8) is 0 Å². The van der Waals surface area contributed by atoms with Gasteiger partial charge in [-0.3, -0.25) is 0 Å². The summed E-state index contributed by atoms with van der Waals surface area (Å²) in [6.45, 7) is 0.477. The molecule has 0 unspecified atom stereocenters. The molecule has 0 spiro atoms. The Hall–Kier alpha value is -2.34. The van der Waals surface area contributed by atoms with Crippen molar-refractivity contribution < 1.29 is 13.0 Å². The smallest absolute Gasteiger partial charge is 0.302 e. The number of fused-ring (bicyclic) bond motifs is 2. The van der Waals surface area contributed by atoms with Gasteiger partial charge in [0.15, 0.2) is 0 Å². The molecule has 6 heteroatoms. The summed E-state index contributed by atoms with van der Waals surface area (Å²) in [4.78, 5) is 3.16. The molecule has 1 aliphatic heterocycles. The standard InChI is InChI=1S/C15H13N3O2S/c19-21(20)9-8-18-7-1-2-13(15(18)17-21)11-3-4-14-12(10-11)5-6-16-14/h1-7,10,16H,8-9H2/p+1. The average molecular weight is 300 g/mol. The predicted molar refractivity (Wildman–Crippen MR) is 81.3 cm³/mol. The number of rotatable bonds is 1. The van der Waals surface area contributed by atoms with E-state index in [9.17, 15) is 8.42 Å². The number of pyridine rings is 1. The summed E-state index contributed by atoms with van der Waals surface area (Å²) in [5.74, 6) is 0.754. The Balaban J connectivity index is 1.92. The minimum atomic E-state index is -3.24. The Morgan fingerprint density at radius 1 is 1.14 bits per heavy atom. The number of aromatic nitrogens is 2. The first kappa shape index (κ1) is 12.4. The Morgan fingerprint density at radius 2 is 2.05 bits per heavy atom. The Bertz CT molecular complexity index is 944. The van der Waals surface area contributed by atoms with Gasteiger partial charge in [-0.2, -0.15) is 13.1 Å². The van der Waals surface area contributed by atoms with Gasteiger partial charge in [-0.15, -0.1) is 0 Å². The number of benzene rings is 1. The zero-order chi connectivity index (χ0) is 14.4. The molecule has 106 valence electrons. The molecule has 2 N–H and O–H groups in total. The zero-order valence-corrected chi connectivity index (χ0v) is 12.0. The number of nitrogens with one attached hydrogen (secondary N) is 2. The van der Waals surface area contributed by atoms with Gasteiger partial charge in [0.05, 0.1) is 11.8 Å². The quantitative estimate of drug-likeness (QED) is 0.674. The predicted octanol–water partition coefficient (Wildman–Crippen LogP) is 1.88. The van der Waals surface area contributed by atoms with Crippen LogP contribution in [0.25, 0.3) is 22.0 Å². The molecule has 2 aromatic heterocycles. The van der Waals surface area contributed by atoms with Crippen molar-refractivity contribution >= 4 is 26.7 Å². The maximum atomic E-state index is 11.8. The van der Waals surface area contributed by atoms with Crippen LogP contribution in [0.15, 0.2) is 48.8 Å². The molecule has 0 aliphatic carbocycles. The maximum Gasteiger partial charge on any atom is 0.302 e. The first-order valence-electron chi connectivity index (χ1n) is 6.73. The summed E-state index contributed by atoms with van der Waals surface area (Å²) >= 11 is 0. The van der Waals surface area contributed by atoms with Crippen molar-refractivity contribution in [1.29, 1.82) is 0 Å². The molecule has 3 heterocycles. The van der Waals surface area contributed by atoms with E-state index in [1.165, 1.54) is 0 Å². The van der Waals surface area contributed by atoms with E-state index >= 15 is 0 Å². The number of hydrogen-bond donors (Lipinski definition) is 2. The number of anilines is 1. The summed E-state index contributed by atoms with van der Waals surface area (Å²) in [6.07, 6.45) is 3.79. The lowest BCUT2D eigenvalue weighted by atomic mass is 10.0. The van der Waals surface area contributed by atoms with Gasteiger partial charge in [0, 0.05) is 11.7 Å². The molecule has 0 amide bonds. The topological polar surface area (TPSA) is 65.8 Å². The average Bonchev–Trinajstić information content (AvgIpc) is 2.93. The van der Waals surface area contributed by atoms with Crippen molar-refractivity contribution in [2.75, 3.05) is 10.5 Å². The summed E-state index contributed by atoms with van der Waals surface area (Å²) in [5, 5.41) is 1.11. The van der Waals surface area contributed by atoms with E-state index in [4.69, 9.17) is 0 Å². The highest BCUT2D eigenvalue weighted by Crippen LogP contribution is 2.29. The van der Waals surface area contributed by atoms with Crippen LogP contribution < -0.4 is 9.29 Å². The monoisotopic (exact) mass is 300 g/mol. The lowest BCUT2D eigenvalue weighted by Crippen LogP contribution is -2.47. The van der Waals surface area contributed by atoms with Gasteiger partial charge in [0.25, 0.3) is 5.82 Å². The highest BCUT2D eigenvalue weighted by molar-refractivity contribution is 7.92. The summed E-state index contributed by atoms with van der Waals surface area (Å²) in [6, 6.07) is 12.0. The molecule has 1 aromatic carbocycles. The van der Waals surface area contributed by atoms with Crippen molar-refractivity contribution in [3.05, 3.63) is 48.8 Å². The molecule has 0 bridgehead atoms. The molecule has 1 aliphatic rings. The molecule has 3 aromatic rings. The van der Waals surface area contributed by atoms with Crippen LogP contribution in [-0.4, -0.2) is 19.2 Å². The summed E-state index contributed by atoms with van der Waals surface area (Å²) in [7, 11) is -3.24. The Kier molecular flexibility index (Phi) is 2.56. The van der Waals surface area contributed by atoms with Crippen LogP contribution in [0.3, 0.4) is 0 Å². The fourth-order valence-electron chi connectivity index (χ4n) is 2.72. The fourth-order valence-corrected chi connectivity index (χ4v) is 3.78. The first-order chi connectivity index (χ1) is 10.1. The molecule has 21 heavy (non-hydrogen) atoms. The number of aryl methyl sites for hydroxylation is 1. The third-order valence-electron chi connectivity index (χ3n) is 3.79. The molecule has 0 saturated carbocycles. The van der Waals surface area contributed by atoms with Crippen LogP contribution in [0.1, 0.15) is 0 Å². The normalized spacial score (nSPS) is 16.4. The van der Waals surface area contributed by atoms with Crippen LogP contribution in [0.4, 0.5) is 5.82 Å². The molecular formula is C15H14N3O2S+. The molecule has 5 nitrogen and oxygen atoms in total. The van der Waals surface area contributed by atoms with E-state index in [-0.39, 0.29) is 5.75 Å². The molecule has 0 fully saturated rings. The number of H-pyrrole nitrogens is 1. The molecule has 0 atom stereocenters. The van der Waals surface area contributed by atoms with E-state index in [0.29, 0.717) is 12.4 Å². The maximum absolute atomic E-state index is 11.8. The number of hydrogen-bond acceptors (Lipinski definition) is 2. The lowest BCUT2D eigenvalue weighted by Gasteiger charge is -2.15. The highest BCUT2D eigenvalue weighted by atomic mass is 32.2. The Labute approximate surface area is 122 Å². The third kappa shape index (κ3) is 2.08. The van der Waals surface area contributed by atoms with Crippen LogP contribution in [0.5, 0.6) is 0 Å². The Morgan fingerprint density at radius 3 is 2.95 bits per heavy atom. The molecule has 0 saturated heterocycles. The van der Waals surface area contributed by atoms with Crippen molar-refractivity contribution in [2.24, 2.45) is 0 Å². The minimum Gasteiger partial charge on any atom is -0.361 e.